The van der Waals surface area contributed by atoms with Crippen molar-refractivity contribution in [1.82, 2.24) is 0 Å². The van der Waals surface area contributed by atoms with Crippen LogP contribution in [0, 0.1) is 0 Å². The van der Waals surface area contributed by atoms with Crippen molar-refractivity contribution in [3.8, 4) is 0 Å². The molecule has 6 heteroatoms. The fraction of sp³-hybridized carbons (Fsp3) is 0.667. The molecule has 0 saturated heterocycles. The minimum atomic E-state index is -0.786. The number of carbonyl (C=O) groups is 3. The summed E-state index contributed by atoms with van der Waals surface area (Å²) in [6.45, 7) is 6.37. The van der Waals surface area contributed by atoms with E-state index in [2.05, 4.69) is 142 Å². The van der Waals surface area contributed by atoms with E-state index in [4.69, 9.17) is 14.2 Å². The van der Waals surface area contributed by atoms with Gasteiger partial charge >= 0.3 is 17.9 Å². The average molecular weight is 1040 g/mol. The molecule has 0 aromatic carbocycles. The molecule has 0 aliphatic carbocycles. The molecule has 0 fully saturated rings. The van der Waals surface area contributed by atoms with Crippen molar-refractivity contribution in [3.05, 3.63) is 122 Å². The van der Waals surface area contributed by atoms with Gasteiger partial charge in [-0.05, 0) is 109 Å². The Bertz CT molecular complexity index is 1570. The number of ether oxygens (including phenoxy) is 3. The molecule has 0 radical (unpaired) electrons. The lowest BCUT2D eigenvalue weighted by molar-refractivity contribution is -0.167. The predicted molar refractivity (Wildman–Crippen MR) is 325 cm³/mol. The maximum atomic E-state index is 12.9. The predicted octanol–water partition coefficient (Wildman–Crippen LogP) is 21.2. The molecule has 0 saturated carbocycles. The quantitative estimate of drug-likeness (QED) is 0.0261. The van der Waals surface area contributed by atoms with Gasteiger partial charge in [0.05, 0.1) is 0 Å². The Balaban J connectivity index is 4.21. The van der Waals surface area contributed by atoms with Gasteiger partial charge in [0.25, 0.3) is 0 Å². The molecule has 1 atom stereocenters. The third-order valence-corrected chi connectivity index (χ3v) is 13.0. The second-order valence-electron chi connectivity index (χ2n) is 20.2. The van der Waals surface area contributed by atoms with Crippen molar-refractivity contribution in [2.24, 2.45) is 0 Å². The molecule has 0 spiro atoms. The zero-order chi connectivity index (χ0) is 54.3. The van der Waals surface area contributed by atoms with Crippen LogP contribution in [-0.2, 0) is 28.6 Å². The Labute approximate surface area is 462 Å². The molecule has 0 aliphatic rings. The van der Waals surface area contributed by atoms with Crippen LogP contribution < -0.4 is 0 Å². The maximum Gasteiger partial charge on any atom is 0.306 e. The van der Waals surface area contributed by atoms with Gasteiger partial charge in [-0.25, -0.2) is 0 Å². The van der Waals surface area contributed by atoms with E-state index in [1.165, 1.54) is 103 Å². The Morgan fingerprint density at radius 2 is 0.520 bits per heavy atom. The molecule has 0 amide bonds. The molecule has 1 unspecified atom stereocenters. The summed E-state index contributed by atoms with van der Waals surface area (Å²) >= 11 is 0. The summed E-state index contributed by atoms with van der Waals surface area (Å²) in [6, 6.07) is 0. The van der Waals surface area contributed by atoms with Gasteiger partial charge in [0.1, 0.15) is 13.2 Å². The normalized spacial score (nSPS) is 12.9. The summed E-state index contributed by atoms with van der Waals surface area (Å²) < 4.78 is 16.8. The van der Waals surface area contributed by atoms with Crippen LogP contribution in [0.25, 0.3) is 0 Å². The average Bonchev–Trinajstić information content (AvgIpc) is 3.41. The third-order valence-electron chi connectivity index (χ3n) is 13.0. The fourth-order valence-electron chi connectivity index (χ4n) is 8.38. The molecule has 0 heterocycles. The zero-order valence-electron chi connectivity index (χ0n) is 48.8. The topological polar surface area (TPSA) is 78.9 Å². The highest BCUT2D eigenvalue weighted by Gasteiger charge is 2.19. The number of hydrogen-bond donors (Lipinski definition) is 0. The van der Waals surface area contributed by atoms with E-state index in [0.717, 1.165) is 135 Å². The van der Waals surface area contributed by atoms with Crippen molar-refractivity contribution in [2.45, 2.75) is 284 Å². The molecule has 75 heavy (non-hydrogen) atoms. The van der Waals surface area contributed by atoms with Gasteiger partial charge in [-0.1, -0.05) is 271 Å². The van der Waals surface area contributed by atoms with Crippen LogP contribution in [0.15, 0.2) is 122 Å². The van der Waals surface area contributed by atoms with Gasteiger partial charge in [-0.15, -0.1) is 0 Å². The zero-order valence-corrected chi connectivity index (χ0v) is 48.8. The first-order chi connectivity index (χ1) is 37.0. The highest BCUT2D eigenvalue weighted by molar-refractivity contribution is 5.71. The SMILES string of the molecule is CC/C=C\C/C=C\C/C=C\C/C=C\C/C=C\C/C=C\CCCCCCCCC(=O)OCC(COC(=O)CCCCCCCCC)OC(=O)CCCCCCCCCCCCCC/C=C\C/C=C\C/C=C\C/C=C\CC. The van der Waals surface area contributed by atoms with Gasteiger partial charge in [-0.2, -0.15) is 0 Å². The van der Waals surface area contributed by atoms with Gasteiger partial charge < -0.3 is 14.2 Å². The van der Waals surface area contributed by atoms with Crippen LogP contribution in [0.3, 0.4) is 0 Å². The van der Waals surface area contributed by atoms with Gasteiger partial charge in [-0.3, -0.25) is 14.4 Å². The van der Waals surface area contributed by atoms with Crippen LogP contribution >= 0.6 is 0 Å². The summed E-state index contributed by atoms with van der Waals surface area (Å²) in [4.78, 5) is 38.1. The molecule has 0 N–H and O–H groups in total. The fourth-order valence-corrected chi connectivity index (χ4v) is 8.38. The van der Waals surface area contributed by atoms with E-state index in [1.807, 2.05) is 0 Å². The van der Waals surface area contributed by atoms with Crippen LogP contribution in [0.4, 0.5) is 0 Å². The first-order valence-corrected chi connectivity index (χ1v) is 31.0. The summed E-state index contributed by atoms with van der Waals surface area (Å²) in [5.74, 6) is -0.906. The first-order valence-electron chi connectivity index (χ1n) is 31.0. The van der Waals surface area contributed by atoms with Crippen LogP contribution in [0.2, 0.25) is 0 Å². The van der Waals surface area contributed by atoms with Crippen molar-refractivity contribution < 1.29 is 28.6 Å². The number of carbonyl (C=O) groups excluding carboxylic acids is 3. The summed E-state index contributed by atoms with van der Waals surface area (Å²) in [7, 11) is 0. The minimum absolute atomic E-state index is 0.0844. The van der Waals surface area contributed by atoms with Crippen molar-refractivity contribution >= 4 is 17.9 Å². The molecule has 0 bridgehead atoms. The Hall–Kier alpha value is -4.19. The highest BCUT2D eigenvalue weighted by Crippen LogP contribution is 2.15. The second-order valence-corrected chi connectivity index (χ2v) is 20.2. The van der Waals surface area contributed by atoms with E-state index in [1.54, 1.807) is 0 Å². The van der Waals surface area contributed by atoms with Crippen LogP contribution in [0.5, 0.6) is 0 Å². The van der Waals surface area contributed by atoms with E-state index in [-0.39, 0.29) is 31.1 Å². The van der Waals surface area contributed by atoms with Gasteiger partial charge in [0.2, 0.25) is 0 Å². The summed E-state index contributed by atoms with van der Waals surface area (Å²) in [5, 5.41) is 0. The van der Waals surface area contributed by atoms with E-state index < -0.39 is 6.10 Å². The number of rotatable bonds is 55. The monoisotopic (exact) mass is 1040 g/mol. The van der Waals surface area contributed by atoms with E-state index >= 15 is 0 Å². The van der Waals surface area contributed by atoms with Crippen LogP contribution in [-0.4, -0.2) is 37.2 Å². The lowest BCUT2D eigenvalue weighted by Gasteiger charge is -2.18. The lowest BCUT2D eigenvalue weighted by Crippen LogP contribution is -2.30. The summed E-state index contributed by atoms with van der Waals surface area (Å²) in [6.07, 6.45) is 86.5. The Morgan fingerprint density at radius 3 is 0.813 bits per heavy atom. The lowest BCUT2D eigenvalue weighted by atomic mass is 10.0. The van der Waals surface area contributed by atoms with Gasteiger partial charge in [0, 0.05) is 19.3 Å². The number of esters is 3. The first kappa shape index (κ1) is 70.8. The summed E-state index contributed by atoms with van der Waals surface area (Å²) in [5.41, 5.74) is 0. The largest absolute Gasteiger partial charge is 0.462 e. The number of unbranched alkanes of at least 4 members (excludes halogenated alkanes) is 24. The van der Waals surface area contributed by atoms with E-state index in [9.17, 15) is 14.4 Å². The second kappa shape index (κ2) is 62.4. The molecule has 426 valence electrons. The number of allylic oxidation sites excluding steroid dienone is 20. The standard InChI is InChI=1S/C69H114O6/c1-4-7-10-13-16-18-20-22-24-26-28-30-32-34-36-38-40-42-44-46-48-50-53-56-59-62-68(71)74-65-66(64-73-67(70)61-58-55-52-15-12-9-6-3)75-69(72)63-60-57-54-51-49-47-45-43-41-39-37-35-33-31-29-27-25-23-21-19-17-14-11-8-5-2/h7-8,10-11,16-19,22-25,28-31,34,36,40,42,66H,4-6,9,12-15,20-21,26-27,32-33,35,37-39,41,43-65H2,1-3H3/b10-7-,11-8-,18-16-,19-17-,24-22-,25-23-,30-28-,31-29-,36-34-,42-40-. The van der Waals surface area contributed by atoms with Crippen LogP contribution in [0.1, 0.15) is 278 Å². The molecule has 0 aromatic heterocycles. The Morgan fingerprint density at radius 1 is 0.280 bits per heavy atom. The molecular weight excluding hydrogens is 925 g/mol. The minimum Gasteiger partial charge on any atom is -0.462 e. The van der Waals surface area contributed by atoms with E-state index in [0.29, 0.717) is 19.3 Å². The van der Waals surface area contributed by atoms with Crippen molar-refractivity contribution in [2.75, 3.05) is 13.2 Å². The molecular formula is C69H114O6. The maximum absolute atomic E-state index is 12.9. The third kappa shape index (κ3) is 60.6. The molecule has 0 aliphatic heterocycles. The molecule has 6 nitrogen and oxygen atoms in total. The van der Waals surface area contributed by atoms with Crippen molar-refractivity contribution in [3.63, 3.8) is 0 Å². The molecule has 0 rings (SSSR count). The highest BCUT2D eigenvalue weighted by atomic mass is 16.6. The number of hydrogen-bond acceptors (Lipinski definition) is 6. The molecule has 0 aromatic rings. The van der Waals surface area contributed by atoms with Gasteiger partial charge in [0.15, 0.2) is 6.10 Å². The van der Waals surface area contributed by atoms with Crippen molar-refractivity contribution in [1.29, 1.82) is 0 Å². The Kier molecular flexibility index (Phi) is 58.9. The smallest absolute Gasteiger partial charge is 0.306 e.